The molecule has 2 unspecified atom stereocenters. The lowest BCUT2D eigenvalue weighted by atomic mass is 9.87. The Morgan fingerprint density at radius 1 is 1.38 bits per heavy atom. The average Bonchev–Trinajstić information content (AvgIpc) is 2.42. The molecule has 1 aromatic carbocycles. The summed E-state index contributed by atoms with van der Waals surface area (Å²) in [6, 6.07) is 3.23. The van der Waals surface area contributed by atoms with Crippen LogP contribution in [0.4, 0.5) is 5.69 Å². The first-order valence-electron chi connectivity index (χ1n) is 7.04. The summed E-state index contributed by atoms with van der Waals surface area (Å²) in [4.78, 5) is 0.180. The van der Waals surface area contributed by atoms with E-state index in [1.807, 2.05) is 0 Å². The second-order valence-electron chi connectivity index (χ2n) is 5.58. The molecule has 21 heavy (non-hydrogen) atoms. The third-order valence-corrected chi connectivity index (χ3v) is 6.07. The number of rotatable bonds is 4. The van der Waals surface area contributed by atoms with Crippen molar-refractivity contribution in [2.45, 2.75) is 43.6 Å². The van der Waals surface area contributed by atoms with Crippen LogP contribution in [0.5, 0.6) is 0 Å². The zero-order valence-corrected chi connectivity index (χ0v) is 14.4. The second-order valence-corrected chi connectivity index (χ2v) is 8.23. The molecular weight excluding hydrogens is 356 g/mol. The molecule has 0 spiro atoms. The van der Waals surface area contributed by atoms with Crippen LogP contribution < -0.4 is 10.5 Å². The number of aliphatic hydroxyl groups is 1. The molecule has 0 radical (unpaired) electrons. The smallest absolute Gasteiger partial charge is 0.240 e. The zero-order valence-electron chi connectivity index (χ0n) is 12.0. The van der Waals surface area contributed by atoms with Crippen LogP contribution >= 0.6 is 15.9 Å². The molecule has 0 bridgehead atoms. The average molecular weight is 377 g/mol. The van der Waals surface area contributed by atoms with Gasteiger partial charge in [0.15, 0.2) is 0 Å². The summed E-state index contributed by atoms with van der Waals surface area (Å²) in [5, 5.41) is 9.92. The molecule has 7 heteroatoms. The van der Waals surface area contributed by atoms with Gasteiger partial charge in [-0.3, -0.25) is 0 Å². The van der Waals surface area contributed by atoms with Gasteiger partial charge in [-0.1, -0.05) is 28.8 Å². The second kappa shape index (κ2) is 6.64. The van der Waals surface area contributed by atoms with E-state index in [9.17, 15) is 13.5 Å². The van der Waals surface area contributed by atoms with Gasteiger partial charge in [0.2, 0.25) is 10.0 Å². The van der Waals surface area contributed by atoms with Gasteiger partial charge < -0.3 is 10.8 Å². The highest BCUT2D eigenvalue weighted by molar-refractivity contribution is 9.10. The summed E-state index contributed by atoms with van der Waals surface area (Å²) >= 11 is 3.26. The standard InChI is InChI=1S/C14H21BrN2O3S/c1-9-12(16)6-11(15)7-14(9)21(19,20)17-8-10-4-2-3-5-13(10)18/h6-7,10,13,17-18H,2-5,8,16H2,1H3. The minimum Gasteiger partial charge on any atom is -0.398 e. The van der Waals surface area contributed by atoms with Crippen molar-refractivity contribution in [3.63, 3.8) is 0 Å². The summed E-state index contributed by atoms with van der Waals surface area (Å²) in [6.45, 7) is 1.95. The number of aliphatic hydroxyl groups excluding tert-OH is 1. The molecule has 0 amide bonds. The van der Waals surface area contributed by atoms with Gasteiger partial charge in [-0.25, -0.2) is 13.1 Å². The fraction of sp³-hybridized carbons (Fsp3) is 0.571. The van der Waals surface area contributed by atoms with Crippen LogP contribution in [-0.2, 0) is 10.0 Å². The van der Waals surface area contributed by atoms with Gasteiger partial charge in [0.05, 0.1) is 11.0 Å². The Hall–Kier alpha value is -0.630. The molecule has 4 N–H and O–H groups in total. The van der Waals surface area contributed by atoms with Crippen LogP contribution in [0.3, 0.4) is 0 Å². The molecule has 1 saturated carbocycles. The van der Waals surface area contributed by atoms with Gasteiger partial charge in [-0.15, -0.1) is 0 Å². The molecule has 2 atom stereocenters. The summed E-state index contributed by atoms with van der Waals surface area (Å²) < 4.78 is 28.1. The van der Waals surface area contributed by atoms with Crippen molar-refractivity contribution in [3.8, 4) is 0 Å². The number of sulfonamides is 1. The van der Waals surface area contributed by atoms with Crippen molar-refractivity contribution in [2.75, 3.05) is 12.3 Å². The Balaban J connectivity index is 2.15. The van der Waals surface area contributed by atoms with E-state index >= 15 is 0 Å². The Kier molecular flexibility index (Phi) is 5.29. The summed E-state index contributed by atoms with van der Waals surface area (Å²) in [6.07, 6.45) is 3.21. The quantitative estimate of drug-likeness (QED) is 0.702. The SMILES string of the molecule is Cc1c(N)cc(Br)cc1S(=O)(=O)NCC1CCCCC1O. The van der Waals surface area contributed by atoms with Crippen molar-refractivity contribution < 1.29 is 13.5 Å². The number of hydrogen-bond acceptors (Lipinski definition) is 4. The third-order valence-electron chi connectivity index (χ3n) is 4.06. The molecule has 0 aliphatic heterocycles. The summed E-state index contributed by atoms with van der Waals surface area (Å²) in [5.74, 6) is -0.0154. The minimum absolute atomic E-state index is 0.0154. The lowest BCUT2D eigenvalue weighted by Crippen LogP contribution is -2.36. The van der Waals surface area contributed by atoms with Crippen molar-refractivity contribution in [2.24, 2.45) is 5.92 Å². The highest BCUT2D eigenvalue weighted by Gasteiger charge is 2.26. The first-order valence-corrected chi connectivity index (χ1v) is 9.32. The Morgan fingerprint density at radius 3 is 2.71 bits per heavy atom. The van der Waals surface area contributed by atoms with E-state index in [2.05, 4.69) is 20.7 Å². The predicted octanol–water partition coefficient (Wildman–Crippen LogP) is 2.17. The summed E-state index contributed by atoms with van der Waals surface area (Å²) in [7, 11) is -3.63. The number of benzene rings is 1. The van der Waals surface area contributed by atoms with Crippen LogP contribution in [0.2, 0.25) is 0 Å². The number of hydrogen-bond donors (Lipinski definition) is 3. The minimum atomic E-state index is -3.63. The number of halogens is 1. The van der Waals surface area contributed by atoms with Crippen LogP contribution in [0, 0.1) is 12.8 Å². The Morgan fingerprint density at radius 2 is 2.05 bits per heavy atom. The zero-order chi connectivity index (χ0) is 15.6. The van der Waals surface area contributed by atoms with Crippen molar-refractivity contribution >= 4 is 31.6 Å². The number of nitrogens with two attached hydrogens (primary N) is 1. The fourth-order valence-electron chi connectivity index (χ4n) is 2.67. The molecule has 118 valence electrons. The molecular formula is C14H21BrN2O3S. The molecule has 1 aliphatic rings. The largest absolute Gasteiger partial charge is 0.398 e. The monoisotopic (exact) mass is 376 g/mol. The molecule has 1 aliphatic carbocycles. The van der Waals surface area contributed by atoms with Gasteiger partial charge in [0, 0.05) is 16.7 Å². The highest BCUT2D eigenvalue weighted by Crippen LogP contribution is 2.27. The van der Waals surface area contributed by atoms with E-state index < -0.39 is 16.1 Å². The third kappa shape index (κ3) is 3.97. The molecule has 1 aromatic rings. The van der Waals surface area contributed by atoms with Gasteiger partial charge in [0.25, 0.3) is 0 Å². The molecule has 0 saturated heterocycles. The number of nitrogen functional groups attached to an aromatic ring is 1. The van der Waals surface area contributed by atoms with Crippen molar-refractivity contribution in [1.29, 1.82) is 0 Å². The molecule has 5 nitrogen and oxygen atoms in total. The fourth-order valence-corrected chi connectivity index (χ4v) is 4.69. The van der Waals surface area contributed by atoms with E-state index in [-0.39, 0.29) is 17.4 Å². The lowest BCUT2D eigenvalue weighted by Gasteiger charge is -2.27. The van der Waals surface area contributed by atoms with E-state index in [1.165, 1.54) is 0 Å². The maximum atomic E-state index is 12.4. The van der Waals surface area contributed by atoms with Crippen molar-refractivity contribution in [3.05, 3.63) is 22.2 Å². The molecule has 0 heterocycles. The predicted molar refractivity (Wildman–Crippen MR) is 86.4 cm³/mol. The van der Waals surface area contributed by atoms with Gasteiger partial charge in [-0.05, 0) is 43.4 Å². The van der Waals surface area contributed by atoms with Crippen molar-refractivity contribution in [1.82, 2.24) is 4.72 Å². The summed E-state index contributed by atoms with van der Waals surface area (Å²) in [5.41, 5.74) is 6.79. The van der Waals surface area contributed by atoms with Gasteiger partial charge in [0.1, 0.15) is 0 Å². The van der Waals surface area contributed by atoms with Crippen LogP contribution in [0.15, 0.2) is 21.5 Å². The first-order chi connectivity index (χ1) is 9.81. The Labute approximate surface area is 134 Å². The lowest BCUT2D eigenvalue weighted by molar-refractivity contribution is 0.0724. The number of anilines is 1. The van der Waals surface area contributed by atoms with Crippen LogP contribution in [0.25, 0.3) is 0 Å². The van der Waals surface area contributed by atoms with E-state index in [0.717, 1.165) is 25.7 Å². The molecule has 2 rings (SSSR count). The van der Waals surface area contributed by atoms with Gasteiger partial charge in [-0.2, -0.15) is 0 Å². The van der Waals surface area contributed by atoms with Crippen LogP contribution in [-0.4, -0.2) is 26.2 Å². The van der Waals surface area contributed by atoms with Gasteiger partial charge >= 0.3 is 0 Å². The maximum Gasteiger partial charge on any atom is 0.240 e. The first kappa shape index (κ1) is 16.7. The van der Waals surface area contributed by atoms with E-state index in [0.29, 0.717) is 15.7 Å². The van der Waals surface area contributed by atoms with E-state index in [4.69, 9.17) is 5.73 Å². The molecule has 0 aromatic heterocycles. The van der Waals surface area contributed by atoms with Crippen LogP contribution in [0.1, 0.15) is 31.2 Å². The molecule has 1 fully saturated rings. The highest BCUT2D eigenvalue weighted by atomic mass is 79.9. The van der Waals surface area contributed by atoms with E-state index in [1.54, 1.807) is 19.1 Å². The topological polar surface area (TPSA) is 92.4 Å². The maximum absolute atomic E-state index is 12.4. The normalized spacial score (nSPS) is 23.2. The Bertz CT molecular complexity index is 619. The number of nitrogens with one attached hydrogen (secondary N) is 1.